The number of ether oxygens (including phenoxy) is 1. The predicted octanol–water partition coefficient (Wildman–Crippen LogP) is 4.15. The van der Waals surface area contributed by atoms with Crippen LogP contribution < -0.4 is 9.47 Å². The molecule has 0 unspecified atom stereocenters. The number of aromatic nitrogens is 1. The Labute approximate surface area is 136 Å². The number of benzene rings is 1. The molecule has 0 amide bonds. The van der Waals surface area contributed by atoms with E-state index in [0.29, 0.717) is 23.1 Å². The number of hydrogen-bond acceptors (Lipinski definition) is 2. The summed E-state index contributed by atoms with van der Waals surface area (Å²) in [5, 5.41) is 12.7. The van der Waals surface area contributed by atoms with E-state index in [1.807, 2.05) is 25.1 Å². The largest absolute Gasteiger partial charge is 0.619 e. The molecule has 1 aromatic heterocycles. The van der Waals surface area contributed by atoms with Crippen molar-refractivity contribution in [3.05, 3.63) is 74.5 Å². The van der Waals surface area contributed by atoms with Crippen LogP contribution in [0.4, 0.5) is 0 Å². The minimum absolute atomic E-state index is 0. The number of nitrogens with zero attached hydrogens (tertiary/aromatic N) is 1. The molecular weight excluding hydrogens is 601 g/mol. The minimum atomic E-state index is 0. The Morgan fingerprint density at radius 1 is 1.36 bits per heavy atom. The first-order chi connectivity index (χ1) is 10.1. The zero-order valence-electron chi connectivity index (χ0n) is 11.6. The van der Waals surface area contributed by atoms with Crippen LogP contribution in [0.5, 0.6) is 5.75 Å². The fourth-order valence-electron chi connectivity index (χ4n) is 2.26. The van der Waals surface area contributed by atoms with E-state index in [0.717, 1.165) is 26.3 Å². The Balaban J connectivity index is 0.00000176. The predicted molar refractivity (Wildman–Crippen MR) is 86.0 cm³/mol. The zero-order chi connectivity index (χ0) is 15.0. The van der Waals surface area contributed by atoms with Crippen molar-refractivity contribution in [1.29, 1.82) is 0 Å². The van der Waals surface area contributed by atoms with Gasteiger partial charge in [0, 0.05) is 17.1 Å². The summed E-state index contributed by atoms with van der Waals surface area (Å²) in [5.74, 6) is 1.72. The van der Waals surface area contributed by atoms with E-state index in [4.69, 9.17) is 16.3 Å². The Hall–Kier alpha value is -2.65. The SMILES string of the molecule is C[C-]1C=C(c2cccc[n+]2[O-])c2cc(Br)c(Cl)cc2OC1.[Cm]. The Bertz CT molecular complexity index is 736. The van der Waals surface area contributed by atoms with E-state index in [1.165, 1.54) is 6.20 Å². The van der Waals surface area contributed by atoms with Gasteiger partial charge in [-0.3, -0.25) is 0 Å². The van der Waals surface area contributed by atoms with Gasteiger partial charge in [0.1, 0.15) is 11.4 Å². The number of fused-ring (bicyclic) bond motifs is 1. The van der Waals surface area contributed by atoms with E-state index < -0.39 is 0 Å². The van der Waals surface area contributed by atoms with E-state index in [2.05, 4.69) is 15.9 Å². The summed E-state index contributed by atoms with van der Waals surface area (Å²) in [5.41, 5.74) is 2.25. The van der Waals surface area contributed by atoms with Gasteiger partial charge in [0.2, 0.25) is 0 Å². The Kier molecular flexibility index (Phi) is 4.29. The van der Waals surface area contributed by atoms with Crippen LogP contribution in [0.15, 0.2) is 47.1 Å². The van der Waals surface area contributed by atoms with Gasteiger partial charge in [0.05, 0.1) is 5.02 Å². The molecule has 0 fully saturated rings. The van der Waals surface area contributed by atoms with Gasteiger partial charge >= 0.3 is 0 Å². The molecule has 3 rings (SSSR count). The van der Waals surface area contributed by atoms with E-state index in [1.54, 1.807) is 18.2 Å². The van der Waals surface area contributed by atoms with Gasteiger partial charge in [0.15, 0.2) is 6.20 Å². The molecule has 2 heterocycles. The first-order valence-electron chi connectivity index (χ1n) is 6.41. The van der Waals surface area contributed by atoms with Crippen molar-refractivity contribution in [3.8, 4) is 5.75 Å². The average molecular weight is 613 g/mol. The maximum Gasteiger partial charge on any atom is 0.179 e. The summed E-state index contributed by atoms with van der Waals surface area (Å²) in [6.07, 6.45) is 3.47. The number of pyridine rings is 1. The molecule has 0 aliphatic carbocycles. The van der Waals surface area contributed by atoms with Gasteiger partial charge < -0.3 is 9.94 Å². The molecule has 0 bridgehead atoms. The maximum absolute atomic E-state index is 12.1. The molecule has 0 spiro atoms. The van der Waals surface area contributed by atoms with Crippen molar-refractivity contribution in [2.45, 2.75) is 6.92 Å². The fourth-order valence-corrected chi connectivity index (χ4v) is 2.76. The van der Waals surface area contributed by atoms with Crippen LogP contribution in [0.2, 0.25) is 5.02 Å². The van der Waals surface area contributed by atoms with Gasteiger partial charge in [-0.15, -0.1) is 6.92 Å². The molecule has 0 atom stereocenters. The van der Waals surface area contributed by atoms with Crippen LogP contribution in [0.3, 0.4) is 0 Å². The third-order valence-corrected chi connectivity index (χ3v) is 4.46. The molecule has 6 heteroatoms. The van der Waals surface area contributed by atoms with Crippen molar-refractivity contribution in [2.75, 3.05) is 6.61 Å². The first-order valence-corrected chi connectivity index (χ1v) is 7.58. The Morgan fingerprint density at radius 3 is 2.86 bits per heavy atom. The second-order valence-corrected chi connectivity index (χ2v) is 6.13. The first kappa shape index (κ1) is 15.7. The van der Waals surface area contributed by atoms with Crippen LogP contribution in [0.25, 0.3) is 5.57 Å². The van der Waals surface area contributed by atoms with Gasteiger partial charge in [-0.25, -0.2) is 6.08 Å². The van der Waals surface area contributed by atoms with Gasteiger partial charge in [0.25, 0.3) is 0 Å². The van der Waals surface area contributed by atoms with Crippen LogP contribution in [0.1, 0.15) is 18.2 Å². The third kappa shape index (κ3) is 2.71. The third-order valence-electron chi connectivity index (χ3n) is 3.26. The van der Waals surface area contributed by atoms with Crippen LogP contribution in [0, 0.1) is 11.1 Å². The van der Waals surface area contributed by atoms with Crippen molar-refractivity contribution in [3.63, 3.8) is 0 Å². The monoisotopic (exact) mass is 607 g/mol. The molecule has 1 aliphatic heterocycles. The van der Waals surface area contributed by atoms with Crippen LogP contribution in [-0.4, -0.2) is 6.61 Å². The molecule has 0 saturated carbocycles. The van der Waals surface area contributed by atoms with Crippen LogP contribution >= 0.6 is 27.5 Å². The number of halogens is 2. The van der Waals surface area contributed by atoms with E-state index in [-0.39, 0.29) is 0 Å². The van der Waals surface area contributed by atoms with Gasteiger partial charge in [-0.2, -0.15) is 10.6 Å². The Morgan fingerprint density at radius 2 is 2.14 bits per heavy atom. The summed E-state index contributed by atoms with van der Waals surface area (Å²) >= 11 is 9.57. The van der Waals surface area contributed by atoms with E-state index in [9.17, 15) is 5.21 Å². The molecule has 0 saturated heterocycles. The number of rotatable bonds is 1. The minimum Gasteiger partial charge on any atom is -0.619 e. The summed E-state index contributed by atoms with van der Waals surface area (Å²) in [7, 11) is 0. The van der Waals surface area contributed by atoms with Crippen molar-refractivity contribution in [1.82, 2.24) is 0 Å². The summed E-state index contributed by atoms with van der Waals surface area (Å²) in [6.45, 7) is 2.45. The van der Waals surface area contributed by atoms with Crippen LogP contribution in [-0.2, 0) is 0 Å². The van der Waals surface area contributed by atoms with Crippen molar-refractivity contribution in [2.24, 2.45) is 0 Å². The van der Waals surface area contributed by atoms with E-state index >= 15 is 0 Å². The molecule has 22 heavy (non-hydrogen) atoms. The number of hydrogen-bond donors (Lipinski definition) is 0. The summed E-state index contributed by atoms with van der Waals surface area (Å²) in [4.78, 5) is 0. The normalized spacial score (nSPS) is 13.4. The molecule has 1 aromatic carbocycles. The summed E-state index contributed by atoms with van der Waals surface area (Å²) < 4.78 is 7.41. The molecule has 3 nitrogen and oxygen atoms in total. The maximum atomic E-state index is 12.1. The van der Waals surface area contributed by atoms with Crippen molar-refractivity contribution >= 4 is 33.1 Å². The van der Waals surface area contributed by atoms with Gasteiger partial charge in [-0.1, -0.05) is 34.9 Å². The fraction of sp³-hybridized carbons (Fsp3) is 0.125. The standard InChI is InChI=1S/C16H12BrClNO2.Cm/c1-10-6-11(15-4-2-3-5-19(15)20)12-7-13(17)14(18)8-16(12)21-9-10;/h2-8H,9H2,1H3;/q-1;. The molecule has 1 aliphatic rings. The summed E-state index contributed by atoms with van der Waals surface area (Å²) in [6, 6.07) is 9.00. The topological polar surface area (TPSA) is 36.2 Å². The smallest absolute Gasteiger partial charge is 0.179 e. The van der Waals surface area contributed by atoms with Crippen molar-refractivity contribution < 1.29 is 9.47 Å². The molecule has 0 radical (unpaired) electrons. The molecule has 2 aromatic rings. The zero-order valence-corrected chi connectivity index (χ0v) is 16.9. The van der Waals surface area contributed by atoms with Gasteiger partial charge in [-0.05, 0) is 28.1 Å². The molecule has 0 N–H and O–H groups in total. The quantitative estimate of drug-likeness (QED) is 0.276. The average Bonchev–Trinajstić information content (AvgIpc) is 2.61. The second-order valence-electron chi connectivity index (χ2n) is 4.87. The molecular formula is C16H12BrClCmNO2-. The second kappa shape index (κ2) is 6.00. The molecule has 116 valence electrons.